The largest absolute Gasteiger partial charge is 0.491 e. The molecule has 1 aromatic rings. The maximum Gasteiger partial charge on any atom is 0.137 e. The first-order chi connectivity index (χ1) is 7.59. The third-order valence-electron chi connectivity index (χ3n) is 1.84. The molecule has 0 unspecified atom stereocenters. The second kappa shape index (κ2) is 6.86. The van der Waals surface area contributed by atoms with Gasteiger partial charge in [-0.15, -0.1) is 0 Å². The molecule has 0 atom stereocenters. The molecule has 0 amide bonds. The summed E-state index contributed by atoms with van der Waals surface area (Å²) in [6.45, 7) is 5.95. The van der Waals surface area contributed by atoms with E-state index in [2.05, 4.69) is 29.8 Å². The standard InChI is InChI=1S/C12H16BrFO2/c1-9(2)8-15-5-6-16-10-3-4-12(14)11(13)7-10/h3-4,7,9H,5-6,8H2,1-2H3. The van der Waals surface area contributed by atoms with Crippen LogP contribution >= 0.6 is 15.9 Å². The molecule has 0 bridgehead atoms. The molecule has 16 heavy (non-hydrogen) atoms. The number of halogens is 2. The van der Waals surface area contributed by atoms with Crippen LogP contribution in [0.3, 0.4) is 0 Å². The van der Waals surface area contributed by atoms with Crippen molar-refractivity contribution in [1.82, 2.24) is 0 Å². The van der Waals surface area contributed by atoms with Crippen molar-refractivity contribution in [3.05, 3.63) is 28.5 Å². The van der Waals surface area contributed by atoms with E-state index >= 15 is 0 Å². The lowest BCUT2D eigenvalue weighted by Crippen LogP contribution is -2.10. The Morgan fingerprint density at radius 2 is 2.06 bits per heavy atom. The van der Waals surface area contributed by atoms with Gasteiger partial charge in [-0.05, 0) is 40.0 Å². The van der Waals surface area contributed by atoms with Crippen LogP contribution in [0.2, 0.25) is 0 Å². The highest BCUT2D eigenvalue weighted by molar-refractivity contribution is 9.10. The zero-order valence-corrected chi connectivity index (χ0v) is 11.1. The average Bonchev–Trinajstić information content (AvgIpc) is 2.22. The topological polar surface area (TPSA) is 18.5 Å². The van der Waals surface area contributed by atoms with Gasteiger partial charge in [0.05, 0.1) is 11.1 Å². The predicted molar refractivity (Wildman–Crippen MR) is 65.3 cm³/mol. The Kier molecular flexibility index (Phi) is 5.77. The number of hydrogen-bond donors (Lipinski definition) is 0. The smallest absolute Gasteiger partial charge is 0.137 e. The number of benzene rings is 1. The van der Waals surface area contributed by atoms with Crippen LogP contribution in [0.4, 0.5) is 4.39 Å². The van der Waals surface area contributed by atoms with Crippen LogP contribution in [0, 0.1) is 11.7 Å². The van der Waals surface area contributed by atoms with Crippen LogP contribution in [0.15, 0.2) is 22.7 Å². The van der Waals surface area contributed by atoms with Crippen LogP contribution in [0.1, 0.15) is 13.8 Å². The van der Waals surface area contributed by atoms with Gasteiger partial charge in [0.15, 0.2) is 0 Å². The van der Waals surface area contributed by atoms with Crippen molar-refractivity contribution < 1.29 is 13.9 Å². The molecule has 0 spiro atoms. The summed E-state index contributed by atoms with van der Waals surface area (Å²) in [4.78, 5) is 0. The highest BCUT2D eigenvalue weighted by Crippen LogP contribution is 2.21. The van der Waals surface area contributed by atoms with Gasteiger partial charge >= 0.3 is 0 Å². The summed E-state index contributed by atoms with van der Waals surface area (Å²) in [6.07, 6.45) is 0. The lowest BCUT2D eigenvalue weighted by molar-refractivity contribution is 0.0818. The van der Waals surface area contributed by atoms with E-state index in [9.17, 15) is 4.39 Å². The second-order valence-corrected chi connectivity index (χ2v) is 4.75. The van der Waals surface area contributed by atoms with E-state index < -0.39 is 0 Å². The molecule has 0 saturated carbocycles. The summed E-state index contributed by atoms with van der Waals surface area (Å²) >= 11 is 3.10. The van der Waals surface area contributed by atoms with Crippen molar-refractivity contribution in [2.45, 2.75) is 13.8 Å². The molecule has 0 aliphatic heterocycles. The molecule has 0 aromatic heterocycles. The summed E-state index contributed by atoms with van der Waals surface area (Å²) in [7, 11) is 0. The minimum absolute atomic E-state index is 0.289. The molecule has 0 N–H and O–H groups in total. The van der Waals surface area contributed by atoms with Crippen LogP contribution in [0.5, 0.6) is 5.75 Å². The van der Waals surface area contributed by atoms with Crippen molar-refractivity contribution in [2.24, 2.45) is 5.92 Å². The third-order valence-corrected chi connectivity index (χ3v) is 2.45. The molecule has 1 rings (SSSR count). The van der Waals surface area contributed by atoms with Crippen molar-refractivity contribution in [2.75, 3.05) is 19.8 Å². The molecule has 0 aliphatic rings. The van der Waals surface area contributed by atoms with Gasteiger partial charge < -0.3 is 9.47 Å². The summed E-state index contributed by atoms with van der Waals surface area (Å²) in [5.41, 5.74) is 0. The van der Waals surface area contributed by atoms with Gasteiger partial charge in [-0.1, -0.05) is 13.8 Å². The lowest BCUT2D eigenvalue weighted by atomic mass is 10.2. The molecule has 2 nitrogen and oxygen atoms in total. The molecule has 1 aromatic carbocycles. The molecular formula is C12H16BrFO2. The lowest BCUT2D eigenvalue weighted by Gasteiger charge is -2.09. The molecule has 90 valence electrons. The summed E-state index contributed by atoms with van der Waals surface area (Å²) in [6, 6.07) is 4.58. The van der Waals surface area contributed by atoms with Gasteiger partial charge in [0, 0.05) is 6.61 Å². The van der Waals surface area contributed by atoms with Crippen molar-refractivity contribution in [3.63, 3.8) is 0 Å². The first kappa shape index (κ1) is 13.5. The molecule has 0 saturated heterocycles. The van der Waals surface area contributed by atoms with Crippen molar-refractivity contribution in [1.29, 1.82) is 0 Å². The Morgan fingerprint density at radius 1 is 1.31 bits per heavy atom. The van der Waals surface area contributed by atoms with Gasteiger partial charge in [-0.2, -0.15) is 0 Å². The second-order valence-electron chi connectivity index (χ2n) is 3.89. The third kappa shape index (κ3) is 4.94. The quantitative estimate of drug-likeness (QED) is 0.745. The number of hydrogen-bond acceptors (Lipinski definition) is 2. The Labute approximate surface area is 104 Å². The Hall–Kier alpha value is -0.610. The summed E-state index contributed by atoms with van der Waals surface area (Å²) in [5.74, 6) is 0.879. The van der Waals surface area contributed by atoms with Crippen molar-refractivity contribution in [3.8, 4) is 5.75 Å². The molecule has 0 aliphatic carbocycles. The summed E-state index contributed by atoms with van der Waals surface area (Å²) < 4.78 is 24.1. The van der Waals surface area contributed by atoms with E-state index in [0.717, 1.165) is 6.61 Å². The van der Waals surface area contributed by atoms with E-state index in [-0.39, 0.29) is 5.82 Å². The maximum atomic E-state index is 12.9. The van der Waals surface area contributed by atoms with E-state index in [1.807, 2.05) is 0 Å². The van der Waals surface area contributed by atoms with Gasteiger partial charge in [0.2, 0.25) is 0 Å². The first-order valence-electron chi connectivity index (χ1n) is 5.25. The normalized spacial score (nSPS) is 10.8. The fourth-order valence-electron chi connectivity index (χ4n) is 1.10. The molecular weight excluding hydrogens is 275 g/mol. The van der Waals surface area contributed by atoms with Gasteiger partial charge in [0.1, 0.15) is 18.2 Å². The van der Waals surface area contributed by atoms with E-state index in [1.165, 1.54) is 6.07 Å². The van der Waals surface area contributed by atoms with Crippen LogP contribution < -0.4 is 4.74 Å². The van der Waals surface area contributed by atoms with E-state index in [4.69, 9.17) is 9.47 Å². The van der Waals surface area contributed by atoms with Gasteiger partial charge in [-0.25, -0.2) is 4.39 Å². The maximum absolute atomic E-state index is 12.9. The van der Waals surface area contributed by atoms with Gasteiger partial charge in [-0.3, -0.25) is 0 Å². The molecule has 0 heterocycles. The first-order valence-corrected chi connectivity index (χ1v) is 6.04. The minimum Gasteiger partial charge on any atom is -0.491 e. The number of rotatable bonds is 6. The monoisotopic (exact) mass is 290 g/mol. The molecule has 0 fully saturated rings. The Balaban J connectivity index is 2.24. The molecule has 4 heteroatoms. The minimum atomic E-state index is -0.289. The number of ether oxygens (including phenoxy) is 2. The van der Waals surface area contributed by atoms with Crippen LogP contribution in [-0.4, -0.2) is 19.8 Å². The highest BCUT2D eigenvalue weighted by atomic mass is 79.9. The van der Waals surface area contributed by atoms with Gasteiger partial charge in [0.25, 0.3) is 0 Å². The predicted octanol–water partition coefficient (Wildman–Crippen LogP) is 3.64. The van der Waals surface area contributed by atoms with Crippen molar-refractivity contribution >= 4 is 15.9 Å². The summed E-state index contributed by atoms with van der Waals surface area (Å²) in [5, 5.41) is 0. The van der Waals surface area contributed by atoms with E-state index in [1.54, 1.807) is 12.1 Å². The fraction of sp³-hybridized carbons (Fsp3) is 0.500. The van der Waals surface area contributed by atoms with Crippen LogP contribution in [0.25, 0.3) is 0 Å². The highest BCUT2D eigenvalue weighted by Gasteiger charge is 2.01. The zero-order chi connectivity index (χ0) is 12.0. The van der Waals surface area contributed by atoms with E-state index in [0.29, 0.717) is 29.4 Å². The molecule has 0 radical (unpaired) electrons. The SMILES string of the molecule is CC(C)COCCOc1ccc(F)c(Br)c1. The fourth-order valence-corrected chi connectivity index (χ4v) is 1.46. The zero-order valence-electron chi connectivity index (χ0n) is 9.50. The van der Waals surface area contributed by atoms with Crippen LogP contribution in [-0.2, 0) is 4.74 Å². The Morgan fingerprint density at radius 3 is 2.69 bits per heavy atom. The average molecular weight is 291 g/mol. The Bertz CT molecular complexity index is 329.